The molecule has 0 fully saturated rings. The van der Waals surface area contributed by atoms with Gasteiger partial charge in [0.15, 0.2) is 0 Å². The summed E-state index contributed by atoms with van der Waals surface area (Å²) in [6.45, 7) is 1.75. The van der Waals surface area contributed by atoms with E-state index in [2.05, 4.69) is 15.8 Å². The van der Waals surface area contributed by atoms with Gasteiger partial charge in [0, 0.05) is 5.56 Å². The van der Waals surface area contributed by atoms with Crippen LogP contribution < -0.4 is 20.6 Å². The Morgan fingerprint density at radius 1 is 1.11 bits per heavy atom. The van der Waals surface area contributed by atoms with Crippen molar-refractivity contribution < 1.29 is 24.2 Å². The summed E-state index contributed by atoms with van der Waals surface area (Å²) in [5.74, 6) is -3.04. The third-order valence-electron chi connectivity index (χ3n) is 3.68. The molecule has 0 aromatic heterocycles. The Morgan fingerprint density at radius 2 is 1.81 bits per heavy atom. The number of amides is 2. The Balaban J connectivity index is 1.95. The topological polar surface area (TPSA) is 120 Å². The molecule has 1 atom stereocenters. The standard InChI is InChI=1S/C19H19N3O5/c1-12(14-6-4-3-5-7-14)21-17(23)18(24)22-20-11-13-8-9-16(27-2)15(10-13)19(25)26/h3-12H,1-2H3,(H,21,23)(H,22,24)(H,25,26)/p-1/b20-11-/t12-/m0/s1. The van der Waals surface area contributed by atoms with E-state index in [9.17, 15) is 19.5 Å². The first-order chi connectivity index (χ1) is 12.9. The summed E-state index contributed by atoms with van der Waals surface area (Å²) in [6.07, 6.45) is 1.21. The van der Waals surface area contributed by atoms with Gasteiger partial charge in [-0.3, -0.25) is 9.59 Å². The number of carboxylic acids is 1. The molecule has 0 spiro atoms. The molecule has 8 heteroatoms. The quantitative estimate of drug-likeness (QED) is 0.434. The predicted molar refractivity (Wildman–Crippen MR) is 96.1 cm³/mol. The average molecular weight is 368 g/mol. The van der Waals surface area contributed by atoms with Crippen LogP contribution in [-0.2, 0) is 9.59 Å². The van der Waals surface area contributed by atoms with Crippen molar-refractivity contribution in [2.24, 2.45) is 5.10 Å². The van der Waals surface area contributed by atoms with Gasteiger partial charge in [-0.2, -0.15) is 5.10 Å². The highest BCUT2D eigenvalue weighted by atomic mass is 16.5. The van der Waals surface area contributed by atoms with Gasteiger partial charge in [0.05, 0.1) is 25.3 Å². The molecule has 27 heavy (non-hydrogen) atoms. The normalized spacial score (nSPS) is 11.6. The molecule has 0 aliphatic carbocycles. The Hall–Kier alpha value is -3.68. The maximum Gasteiger partial charge on any atom is 0.329 e. The van der Waals surface area contributed by atoms with Crippen molar-refractivity contribution in [3.05, 3.63) is 65.2 Å². The highest BCUT2D eigenvalue weighted by Crippen LogP contribution is 2.18. The van der Waals surface area contributed by atoms with Gasteiger partial charge in [-0.25, -0.2) is 5.43 Å². The number of nitrogens with zero attached hydrogens (tertiary/aromatic N) is 1. The van der Waals surface area contributed by atoms with Crippen LogP contribution in [0.5, 0.6) is 5.75 Å². The van der Waals surface area contributed by atoms with Crippen LogP contribution >= 0.6 is 0 Å². The third kappa shape index (κ3) is 5.40. The van der Waals surface area contributed by atoms with Gasteiger partial charge in [-0.1, -0.05) is 30.3 Å². The summed E-state index contributed by atoms with van der Waals surface area (Å²) < 4.78 is 4.92. The van der Waals surface area contributed by atoms with Crippen LogP contribution in [0.2, 0.25) is 0 Å². The van der Waals surface area contributed by atoms with Crippen LogP contribution in [0, 0.1) is 0 Å². The molecule has 0 saturated carbocycles. The lowest BCUT2D eigenvalue weighted by molar-refractivity contribution is -0.255. The van der Waals surface area contributed by atoms with Crippen molar-refractivity contribution >= 4 is 24.0 Å². The maximum absolute atomic E-state index is 11.9. The number of benzene rings is 2. The number of ether oxygens (including phenoxy) is 1. The minimum absolute atomic E-state index is 0.144. The van der Waals surface area contributed by atoms with Gasteiger partial charge in [0.25, 0.3) is 0 Å². The monoisotopic (exact) mass is 368 g/mol. The number of nitrogens with one attached hydrogen (secondary N) is 2. The fourth-order valence-electron chi connectivity index (χ4n) is 2.27. The summed E-state index contributed by atoms with van der Waals surface area (Å²) in [4.78, 5) is 34.8. The van der Waals surface area contributed by atoms with E-state index in [1.165, 1.54) is 25.5 Å². The number of carboxylic acid groups (broad SMARTS) is 1. The maximum atomic E-state index is 11.9. The van der Waals surface area contributed by atoms with Crippen LogP contribution in [0.4, 0.5) is 0 Å². The van der Waals surface area contributed by atoms with Crippen molar-refractivity contribution in [3.63, 3.8) is 0 Å². The molecule has 0 aliphatic rings. The largest absolute Gasteiger partial charge is 0.545 e. The number of carbonyl (C=O) groups is 3. The van der Waals surface area contributed by atoms with E-state index < -0.39 is 17.8 Å². The fraction of sp³-hybridized carbons (Fsp3) is 0.158. The first-order valence-corrected chi connectivity index (χ1v) is 8.00. The molecule has 0 radical (unpaired) electrons. The van der Waals surface area contributed by atoms with Gasteiger partial charge in [0.1, 0.15) is 5.75 Å². The summed E-state index contributed by atoms with van der Waals surface area (Å²) in [5, 5.41) is 17.3. The van der Waals surface area contributed by atoms with Crippen LogP contribution in [0.15, 0.2) is 53.6 Å². The zero-order chi connectivity index (χ0) is 19.8. The van der Waals surface area contributed by atoms with Crippen molar-refractivity contribution in [2.45, 2.75) is 13.0 Å². The molecular weight excluding hydrogens is 350 g/mol. The van der Waals surface area contributed by atoms with E-state index in [4.69, 9.17) is 4.74 Å². The summed E-state index contributed by atoms with van der Waals surface area (Å²) >= 11 is 0. The van der Waals surface area contributed by atoms with Gasteiger partial charge in [0.2, 0.25) is 0 Å². The van der Waals surface area contributed by atoms with E-state index >= 15 is 0 Å². The molecule has 2 aromatic rings. The van der Waals surface area contributed by atoms with E-state index in [0.717, 1.165) is 5.56 Å². The van der Waals surface area contributed by atoms with Gasteiger partial charge in [-0.15, -0.1) is 0 Å². The van der Waals surface area contributed by atoms with Crippen molar-refractivity contribution in [1.29, 1.82) is 0 Å². The first kappa shape index (κ1) is 19.6. The van der Waals surface area contributed by atoms with E-state index in [0.29, 0.717) is 5.56 Å². The molecule has 0 heterocycles. The van der Waals surface area contributed by atoms with Crippen LogP contribution in [0.1, 0.15) is 34.5 Å². The number of hydrazone groups is 1. The number of hydrogen-bond donors (Lipinski definition) is 2. The molecule has 2 N–H and O–H groups in total. The van der Waals surface area contributed by atoms with Crippen molar-refractivity contribution in [1.82, 2.24) is 10.7 Å². The zero-order valence-corrected chi connectivity index (χ0v) is 14.8. The lowest BCUT2D eigenvalue weighted by Crippen LogP contribution is -2.39. The van der Waals surface area contributed by atoms with Gasteiger partial charge < -0.3 is 20.0 Å². The summed E-state index contributed by atoms with van der Waals surface area (Å²) in [6, 6.07) is 13.1. The molecular formula is C19H18N3O5-. The SMILES string of the molecule is COc1ccc(/C=N\NC(=O)C(=O)N[C@@H](C)c2ccccc2)cc1C(=O)[O-]. The Bertz CT molecular complexity index is 865. The second-order valence-corrected chi connectivity index (χ2v) is 5.55. The van der Waals surface area contributed by atoms with Crippen LogP contribution in [0.3, 0.4) is 0 Å². The van der Waals surface area contributed by atoms with Crippen molar-refractivity contribution in [3.8, 4) is 5.75 Å². The van der Waals surface area contributed by atoms with E-state index in [1.54, 1.807) is 13.0 Å². The second kappa shape index (κ2) is 9.14. The zero-order valence-electron chi connectivity index (χ0n) is 14.8. The molecule has 2 rings (SSSR count). The third-order valence-corrected chi connectivity index (χ3v) is 3.68. The fourth-order valence-corrected chi connectivity index (χ4v) is 2.27. The van der Waals surface area contributed by atoms with E-state index in [1.807, 2.05) is 30.3 Å². The lowest BCUT2D eigenvalue weighted by Gasteiger charge is -2.13. The molecule has 0 unspecified atom stereocenters. The second-order valence-electron chi connectivity index (χ2n) is 5.55. The summed E-state index contributed by atoms with van der Waals surface area (Å²) in [5.41, 5.74) is 3.18. The Kier molecular flexibility index (Phi) is 6.65. The number of hydrogen-bond acceptors (Lipinski definition) is 6. The molecule has 0 aliphatic heterocycles. The van der Waals surface area contributed by atoms with Gasteiger partial charge in [-0.05, 0) is 36.2 Å². The molecule has 8 nitrogen and oxygen atoms in total. The molecule has 0 saturated heterocycles. The van der Waals surface area contributed by atoms with Crippen LogP contribution in [-0.4, -0.2) is 31.1 Å². The number of methoxy groups -OCH3 is 1. The highest BCUT2D eigenvalue weighted by Gasteiger charge is 2.16. The first-order valence-electron chi connectivity index (χ1n) is 8.00. The average Bonchev–Trinajstić information content (AvgIpc) is 2.68. The number of carbonyl (C=O) groups excluding carboxylic acids is 3. The lowest BCUT2D eigenvalue weighted by atomic mass is 10.1. The molecule has 2 aromatic carbocycles. The molecule has 2 amide bonds. The molecule has 140 valence electrons. The van der Waals surface area contributed by atoms with E-state index in [-0.39, 0.29) is 17.4 Å². The highest BCUT2D eigenvalue weighted by molar-refractivity contribution is 6.35. The Morgan fingerprint density at radius 3 is 2.44 bits per heavy atom. The predicted octanol–water partition coefficient (Wildman–Crippen LogP) is 0.386. The van der Waals surface area contributed by atoms with Crippen molar-refractivity contribution in [2.75, 3.05) is 7.11 Å². The molecule has 0 bridgehead atoms. The number of aromatic carboxylic acids is 1. The smallest absolute Gasteiger partial charge is 0.329 e. The minimum atomic E-state index is -1.40. The number of rotatable bonds is 6. The van der Waals surface area contributed by atoms with Gasteiger partial charge >= 0.3 is 11.8 Å². The van der Waals surface area contributed by atoms with Crippen LogP contribution in [0.25, 0.3) is 0 Å². The minimum Gasteiger partial charge on any atom is -0.545 e. The summed E-state index contributed by atoms with van der Waals surface area (Å²) in [7, 11) is 1.34. The Labute approximate surface area is 155 Å².